The van der Waals surface area contributed by atoms with Crippen LogP contribution >= 0.6 is 11.3 Å². The number of sulfonamides is 1. The van der Waals surface area contributed by atoms with Crippen molar-refractivity contribution in [2.45, 2.75) is 17.7 Å². The van der Waals surface area contributed by atoms with Gasteiger partial charge in [-0.25, -0.2) is 13.2 Å². The van der Waals surface area contributed by atoms with Gasteiger partial charge in [-0.15, -0.1) is 11.3 Å². The number of rotatable bonds is 6. The highest BCUT2D eigenvalue weighted by molar-refractivity contribution is 7.94. The molecule has 2 rings (SSSR count). The number of carboxylic acid groups (broad SMARTS) is 1. The Kier molecular flexibility index (Phi) is 4.84. The first-order valence-corrected chi connectivity index (χ1v) is 8.58. The highest BCUT2D eigenvalue weighted by atomic mass is 32.2. The van der Waals surface area contributed by atoms with Gasteiger partial charge in [0, 0.05) is 12.7 Å². The number of carboxylic acids is 1. The van der Waals surface area contributed by atoms with E-state index in [1.165, 1.54) is 13.2 Å². The molecule has 0 radical (unpaired) electrons. The van der Waals surface area contributed by atoms with Crippen LogP contribution in [0.4, 0.5) is 5.69 Å². The van der Waals surface area contributed by atoms with Crippen molar-refractivity contribution in [1.82, 2.24) is 0 Å². The number of hydrogen-bond acceptors (Lipinski definition) is 5. The van der Waals surface area contributed by atoms with Crippen LogP contribution in [0.2, 0.25) is 0 Å². The monoisotopic (exact) mass is 341 g/mol. The minimum atomic E-state index is -3.84. The molecule has 0 saturated carbocycles. The number of nitrogens with one attached hydrogen (secondary N) is 1. The Labute approximate surface area is 132 Å². The standard InChI is InChI=1S/C14H15NO5S2/c1-9-7-12(21-13(9)14(16)17)22(18,19)15-11-6-4-3-5-10(11)8-20-2/h3-7,15H,8H2,1-2H3,(H,16,17). The molecule has 1 heterocycles. The number of anilines is 1. The largest absolute Gasteiger partial charge is 0.477 e. The second-order valence-electron chi connectivity index (χ2n) is 4.58. The lowest BCUT2D eigenvalue weighted by atomic mass is 10.2. The first-order chi connectivity index (χ1) is 10.3. The summed E-state index contributed by atoms with van der Waals surface area (Å²) < 4.78 is 32.3. The maximum absolute atomic E-state index is 12.4. The van der Waals surface area contributed by atoms with E-state index < -0.39 is 16.0 Å². The first kappa shape index (κ1) is 16.5. The SMILES string of the molecule is COCc1ccccc1NS(=O)(=O)c1cc(C)c(C(=O)O)s1. The van der Waals surface area contributed by atoms with E-state index in [2.05, 4.69) is 4.72 Å². The highest BCUT2D eigenvalue weighted by Crippen LogP contribution is 2.28. The molecule has 0 aliphatic rings. The van der Waals surface area contributed by atoms with Crippen LogP contribution in [-0.4, -0.2) is 26.6 Å². The second kappa shape index (κ2) is 6.47. The number of para-hydroxylation sites is 1. The molecule has 0 fully saturated rings. The number of ether oxygens (including phenoxy) is 1. The quantitative estimate of drug-likeness (QED) is 0.843. The number of methoxy groups -OCH3 is 1. The summed E-state index contributed by atoms with van der Waals surface area (Å²) >= 11 is 0.732. The number of aromatic carboxylic acids is 1. The highest BCUT2D eigenvalue weighted by Gasteiger charge is 2.22. The van der Waals surface area contributed by atoms with Gasteiger partial charge in [-0.05, 0) is 24.6 Å². The lowest BCUT2D eigenvalue weighted by Crippen LogP contribution is -2.13. The number of aryl methyl sites for hydroxylation is 1. The molecule has 1 aromatic carbocycles. The van der Waals surface area contributed by atoms with Gasteiger partial charge in [0.25, 0.3) is 10.0 Å². The van der Waals surface area contributed by atoms with Crippen molar-refractivity contribution in [1.29, 1.82) is 0 Å². The zero-order chi connectivity index (χ0) is 16.3. The fourth-order valence-corrected chi connectivity index (χ4v) is 4.37. The molecule has 0 aliphatic heterocycles. The van der Waals surface area contributed by atoms with E-state index in [1.54, 1.807) is 31.2 Å². The molecule has 0 aliphatic carbocycles. The number of thiophene rings is 1. The molecule has 118 valence electrons. The molecule has 6 nitrogen and oxygen atoms in total. The van der Waals surface area contributed by atoms with Crippen molar-refractivity contribution in [3.05, 3.63) is 46.3 Å². The van der Waals surface area contributed by atoms with Crippen molar-refractivity contribution in [3.8, 4) is 0 Å². The molecule has 0 bridgehead atoms. The third-order valence-electron chi connectivity index (χ3n) is 2.92. The van der Waals surface area contributed by atoms with Gasteiger partial charge in [-0.2, -0.15) is 0 Å². The summed E-state index contributed by atoms with van der Waals surface area (Å²) in [4.78, 5) is 11.1. The van der Waals surface area contributed by atoms with E-state index >= 15 is 0 Å². The van der Waals surface area contributed by atoms with Crippen molar-refractivity contribution in [2.24, 2.45) is 0 Å². The van der Waals surface area contributed by atoms with E-state index in [0.717, 1.165) is 11.3 Å². The smallest absolute Gasteiger partial charge is 0.346 e. The second-order valence-corrected chi connectivity index (χ2v) is 7.54. The van der Waals surface area contributed by atoms with Crippen LogP contribution in [0, 0.1) is 6.92 Å². The molecule has 2 aromatic rings. The van der Waals surface area contributed by atoms with Gasteiger partial charge in [-0.1, -0.05) is 18.2 Å². The maximum atomic E-state index is 12.4. The topological polar surface area (TPSA) is 92.7 Å². The van der Waals surface area contributed by atoms with Gasteiger partial charge in [0.05, 0.1) is 12.3 Å². The summed E-state index contributed by atoms with van der Waals surface area (Å²) in [5.41, 5.74) is 1.52. The molecule has 0 unspecified atom stereocenters. The predicted octanol–water partition coefficient (Wildman–Crippen LogP) is 2.70. The number of hydrogen-bond donors (Lipinski definition) is 2. The number of carbonyl (C=O) groups is 1. The van der Waals surface area contributed by atoms with E-state index in [4.69, 9.17) is 9.84 Å². The van der Waals surface area contributed by atoms with Crippen molar-refractivity contribution in [3.63, 3.8) is 0 Å². The Morgan fingerprint density at radius 3 is 2.64 bits per heavy atom. The minimum absolute atomic E-state index is 0.0190. The molecule has 2 N–H and O–H groups in total. The summed E-state index contributed by atoms with van der Waals surface area (Å²) in [6.07, 6.45) is 0. The van der Waals surface area contributed by atoms with Crippen LogP contribution in [-0.2, 0) is 21.4 Å². The minimum Gasteiger partial charge on any atom is -0.477 e. The molecule has 0 amide bonds. The van der Waals surface area contributed by atoms with Crippen LogP contribution in [0.1, 0.15) is 20.8 Å². The third-order valence-corrected chi connectivity index (χ3v) is 5.98. The molecular weight excluding hydrogens is 326 g/mol. The Morgan fingerprint density at radius 1 is 1.36 bits per heavy atom. The average Bonchev–Trinajstić information content (AvgIpc) is 2.84. The van der Waals surface area contributed by atoms with Gasteiger partial charge in [0.1, 0.15) is 9.09 Å². The summed E-state index contributed by atoms with van der Waals surface area (Å²) in [5.74, 6) is -1.14. The van der Waals surface area contributed by atoms with Gasteiger partial charge in [0.2, 0.25) is 0 Å². The molecule has 0 spiro atoms. The molecule has 8 heteroatoms. The van der Waals surface area contributed by atoms with Gasteiger partial charge in [-0.3, -0.25) is 4.72 Å². The summed E-state index contributed by atoms with van der Waals surface area (Å²) in [7, 11) is -2.32. The Bertz CT molecular complexity index is 795. The molecule has 22 heavy (non-hydrogen) atoms. The third kappa shape index (κ3) is 3.46. The van der Waals surface area contributed by atoms with Crippen LogP contribution in [0.5, 0.6) is 0 Å². The number of benzene rings is 1. The molecule has 0 saturated heterocycles. The van der Waals surface area contributed by atoms with Gasteiger partial charge >= 0.3 is 5.97 Å². The zero-order valence-corrected chi connectivity index (χ0v) is 13.6. The fourth-order valence-electron chi connectivity index (χ4n) is 1.89. The van der Waals surface area contributed by atoms with Crippen LogP contribution in [0.15, 0.2) is 34.5 Å². The van der Waals surface area contributed by atoms with E-state index in [0.29, 0.717) is 16.8 Å². The lowest BCUT2D eigenvalue weighted by molar-refractivity contribution is 0.0701. The Morgan fingerprint density at radius 2 is 2.05 bits per heavy atom. The summed E-state index contributed by atoms with van der Waals surface area (Å²) in [6, 6.07) is 8.23. The molecule has 1 aromatic heterocycles. The molecular formula is C14H15NO5S2. The van der Waals surface area contributed by atoms with E-state index in [-0.39, 0.29) is 15.7 Å². The van der Waals surface area contributed by atoms with Crippen molar-refractivity contribution in [2.75, 3.05) is 11.8 Å². The van der Waals surface area contributed by atoms with Gasteiger partial charge < -0.3 is 9.84 Å². The normalized spacial score (nSPS) is 11.4. The van der Waals surface area contributed by atoms with Crippen LogP contribution in [0.3, 0.4) is 0 Å². The zero-order valence-electron chi connectivity index (χ0n) is 12.0. The maximum Gasteiger partial charge on any atom is 0.346 e. The van der Waals surface area contributed by atoms with E-state index in [9.17, 15) is 13.2 Å². The molecule has 0 atom stereocenters. The first-order valence-electron chi connectivity index (χ1n) is 6.28. The fraction of sp³-hybridized carbons (Fsp3) is 0.214. The van der Waals surface area contributed by atoms with Crippen molar-refractivity contribution >= 4 is 33.0 Å². The van der Waals surface area contributed by atoms with Crippen LogP contribution in [0.25, 0.3) is 0 Å². The average molecular weight is 341 g/mol. The van der Waals surface area contributed by atoms with E-state index in [1.807, 2.05) is 0 Å². The van der Waals surface area contributed by atoms with Crippen molar-refractivity contribution < 1.29 is 23.1 Å². The van der Waals surface area contributed by atoms with Crippen LogP contribution < -0.4 is 4.72 Å². The predicted molar refractivity (Wildman–Crippen MR) is 84.0 cm³/mol. The lowest BCUT2D eigenvalue weighted by Gasteiger charge is -2.11. The Hall–Kier alpha value is -1.90. The van der Waals surface area contributed by atoms with Gasteiger partial charge in [0.15, 0.2) is 0 Å². The Balaban J connectivity index is 2.36. The summed E-state index contributed by atoms with van der Waals surface area (Å²) in [6.45, 7) is 1.83. The summed E-state index contributed by atoms with van der Waals surface area (Å²) in [5, 5.41) is 9.03.